The summed E-state index contributed by atoms with van der Waals surface area (Å²) in [5, 5.41) is 4.89. The van der Waals surface area contributed by atoms with Gasteiger partial charge < -0.3 is 10.3 Å². The lowest BCUT2D eigenvalue weighted by Gasteiger charge is -2.08. The molecule has 0 saturated carbocycles. The number of H-pyrrole nitrogens is 1. The van der Waals surface area contributed by atoms with E-state index in [9.17, 15) is 0 Å². The molecule has 1 atom stereocenters. The fraction of sp³-hybridized carbons (Fsp3) is 0.467. The normalized spacial score (nSPS) is 20.2. The number of fused-ring (bicyclic) bond motifs is 1. The van der Waals surface area contributed by atoms with Crippen LogP contribution >= 0.6 is 0 Å². The first-order chi connectivity index (χ1) is 8.24. The number of aromatic amines is 1. The van der Waals surface area contributed by atoms with E-state index in [-0.39, 0.29) is 0 Å². The Hall–Kier alpha value is -1.28. The van der Waals surface area contributed by atoms with Crippen LogP contribution in [0.2, 0.25) is 0 Å². The smallest absolute Gasteiger partial charge is 0.0462 e. The van der Waals surface area contributed by atoms with Crippen LogP contribution in [0.4, 0.5) is 0 Å². The van der Waals surface area contributed by atoms with Gasteiger partial charge in [-0.15, -0.1) is 0 Å². The Morgan fingerprint density at radius 1 is 1.29 bits per heavy atom. The topological polar surface area (TPSA) is 27.8 Å². The second-order valence-electron chi connectivity index (χ2n) is 5.38. The van der Waals surface area contributed by atoms with E-state index in [2.05, 4.69) is 42.5 Å². The summed E-state index contributed by atoms with van der Waals surface area (Å²) in [4.78, 5) is 3.42. The highest BCUT2D eigenvalue weighted by Gasteiger charge is 2.17. The van der Waals surface area contributed by atoms with Crippen molar-refractivity contribution in [3.05, 3.63) is 35.0 Å². The van der Waals surface area contributed by atoms with Crippen molar-refractivity contribution >= 4 is 10.9 Å². The number of rotatable bonds is 2. The number of benzene rings is 1. The summed E-state index contributed by atoms with van der Waals surface area (Å²) < 4.78 is 0. The SMILES string of the molecule is Cc1cc(C)c2c(CC3CCNC3)c[nH]c2c1. The van der Waals surface area contributed by atoms with Gasteiger partial charge in [-0.2, -0.15) is 0 Å². The van der Waals surface area contributed by atoms with Gasteiger partial charge in [0.25, 0.3) is 0 Å². The van der Waals surface area contributed by atoms with Crippen LogP contribution in [-0.2, 0) is 6.42 Å². The third kappa shape index (κ3) is 1.98. The summed E-state index contributed by atoms with van der Waals surface area (Å²) in [5.41, 5.74) is 5.53. The van der Waals surface area contributed by atoms with E-state index in [0.29, 0.717) is 0 Å². The molecule has 0 radical (unpaired) electrons. The van der Waals surface area contributed by atoms with Crippen molar-refractivity contribution in [2.45, 2.75) is 26.7 Å². The predicted octanol–water partition coefficient (Wildman–Crippen LogP) is 2.94. The van der Waals surface area contributed by atoms with Gasteiger partial charge in [-0.3, -0.25) is 0 Å². The summed E-state index contributed by atoms with van der Waals surface area (Å²) >= 11 is 0. The lowest BCUT2D eigenvalue weighted by Crippen LogP contribution is -2.10. The van der Waals surface area contributed by atoms with Gasteiger partial charge in [0.05, 0.1) is 0 Å². The monoisotopic (exact) mass is 228 g/mol. The van der Waals surface area contributed by atoms with Gasteiger partial charge in [-0.05, 0) is 68.5 Å². The molecule has 1 aromatic carbocycles. The van der Waals surface area contributed by atoms with E-state index >= 15 is 0 Å². The Morgan fingerprint density at radius 3 is 2.94 bits per heavy atom. The summed E-state index contributed by atoms with van der Waals surface area (Å²) in [5.74, 6) is 0.815. The zero-order chi connectivity index (χ0) is 11.8. The van der Waals surface area contributed by atoms with Crippen molar-refractivity contribution in [1.82, 2.24) is 10.3 Å². The lowest BCUT2D eigenvalue weighted by molar-refractivity contribution is 0.582. The molecule has 0 aliphatic carbocycles. The third-order valence-corrected chi connectivity index (χ3v) is 3.87. The maximum atomic E-state index is 3.45. The highest BCUT2D eigenvalue weighted by molar-refractivity contribution is 5.87. The third-order valence-electron chi connectivity index (χ3n) is 3.87. The van der Waals surface area contributed by atoms with Crippen LogP contribution in [0.15, 0.2) is 18.3 Å². The van der Waals surface area contributed by atoms with Crippen LogP contribution in [-0.4, -0.2) is 18.1 Å². The van der Waals surface area contributed by atoms with Crippen molar-refractivity contribution < 1.29 is 0 Å². The van der Waals surface area contributed by atoms with Crippen molar-refractivity contribution in [3.8, 4) is 0 Å². The van der Waals surface area contributed by atoms with Crippen molar-refractivity contribution in [2.24, 2.45) is 5.92 Å². The zero-order valence-electron chi connectivity index (χ0n) is 10.6. The molecule has 1 unspecified atom stereocenters. The minimum Gasteiger partial charge on any atom is -0.361 e. The van der Waals surface area contributed by atoms with Crippen LogP contribution < -0.4 is 5.32 Å². The van der Waals surface area contributed by atoms with Crippen LogP contribution in [0, 0.1) is 19.8 Å². The number of hydrogen-bond donors (Lipinski definition) is 2. The maximum Gasteiger partial charge on any atom is 0.0462 e. The Bertz CT molecular complexity index is 533. The summed E-state index contributed by atoms with van der Waals surface area (Å²) in [6, 6.07) is 4.53. The molecule has 2 heterocycles. The molecule has 2 N–H and O–H groups in total. The molecule has 2 nitrogen and oxygen atoms in total. The molecule has 17 heavy (non-hydrogen) atoms. The van der Waals surface area contributed by atoms with Crippen LogP contribution in [0.25, 0.3) is 10.9 Å². The number of nitrogens with one attached hydrogen (secondary N) is 2. The summed E-state index contributed by atoms with van der Waals surface area (Å²) in [6.07, 6.45) is 4.73. The van der Waals surface area contributed by atoms with E-state index in [1.54, 1.807) is 0 Å². The Labute approximate surface area is 102 Å². The molecular formula is C15H20N2. The first kappa shape index (κ1) is 10.8. The second kappa shape index (κ2) is 4.19. The van der Waals surface area contributed by atoms with Gasteiger partial charge in [0.2, 0.25) is 0 Å². The zero-order valence-corrected chi connectivity index (χ0v) is 10.6. The van der Waals surface area contributed by atoms with Crippen molar-refractivity contribution in [1.29, 1.82) is 0 Å². The number of hydrogen-bond acceptors (Lipinski definition) is 1. The van der Waals surface area contributed by atoms with Crippen molar-refractivity contribution in [3.63, 3.8) is 0 Å². The Morgan fingerprint density at radius 2 is 2.18 bits per heavy atom. The molecule has 1 fully saturated rings. The second-order valence-corrected chi connectivity index (χ2v) is 5.38. The molecule has 90 valence electrons. The maximum absolute atomic E-state index is 3.45. The molecule has 0 amide bonds. The van der Waals surface area contributed by atoms with E-state index in [0.717, 1.165) is 5.92 Å². The molecule has 2 heteroatoms. The van der Waals surface area contributed by atoms with Gasteiger partial charge in [-0.25, -0.2) is 0 Å². The van der Waals surface area contributed by atoms with E-state index in [1.165, 1.54) is 53.5 Å². The summed E-state index contributed by atoms with van der Waals surface area (Å²) in [7, 11) is 0. The largest absolute Gasteiger partial charge is 0.361 e. The first-order valence-corrected chi connectivity index (χ1v) is 6.52. The Kier molecular flexibility index (Phi) is 2.67. The average Bonchev–Trinajstić information content (AvgIpc) is 2.88. The summed E-state index contributed by atoms with van der Waals surface area (Å²) in [6.45, 7) is 6.75. The molecule has 0 bridgehead atoms. The highest BCUT2D eigenvalue weighted by Crippen LogP contribution is 2.27. The Balaban J connectivity index is 1.99. The predicted molar refractivity (Wildman–Crippen MR) is 72.5 cm³/mol. The lowest BCUT2D eigenvalue weighted by atomic mass is 9.96. The van der Waals surface area contributed by atoms with Crippen LogP contribution in [0.5, 0.6) is 0 Å². The fourth-order valence-corrected chi connectivity index (χ4v) is 3.11. The molecule has 2 aromatic rings. The average molecular weight is 228 g/mol. The molecular weight excluding hydrogens is 208 g/mol. The quantitative estimate of drug-likeness (QED) is 0.812. The standard InChI is InChI=1S/C15H20N2/c1-10-5-11(2)15-13(9-17-14(15)6-10)7-12-3-4-16-8-12/h5-6,9,12,16-17H,3-4,7-8H2,1-2H3. The van der Waals surface area contributed by atoms with Gasteiger partial charge in [0, 0.05) is 17.1 Å². The minimum absolute atomic E-state index is 0.815. The van der Waals surface area contributed by atoms with E-state index < -0.39 is 0 Å². The molecule has 1 aliphatic rings. The van der Waals surface area contributed by atoms with Gasteiger partial charge >= 0.3 is 0 Å². The molecule has 0 spiro atoms. The van der Waals surface area contributed by atoms with Crippen LogP contribution in [0.3, 0.4) is 0 Å². The van der Waals surface area contributed by atoms with E-state index in [4.69, 9.17) is 0 Å². The van der Waals surface area contributed by atoms with Gasteiger partial charge in [0.15, 0.2) is 0 Å². The molecule has 3 rings (SSSR count). The number of aryl methyl sites for hydroxylation is 2. The molecule has 1 aromatic heterocycles. The van der Waals surface area contributed by atoms with E-state index in [1.807, 2.05) is 0 Å². The minimum atomic E-state index is 0.815. The first-order valence-electron chi connectivity index (χ1n) is 6.52. The van der Waals surface area contributed by atoms with Gasteiger partial charge in [0.1, 0.15) is 0 Å². The molecule has 1 saturated heterocycles. The fourth-order valence-electron chi connectivity index (χ4n) is 3.11. The van der Waals surface area contributed by atoms with Crippen molar-refractivity contribution in [2.75, 3.05) is 13.1 Å². The highest BCUT2D eigenvalue weighted by atomic mass is 14.9. The van der Waals surface area contributed by atoms with Crippen LogP contribution in [0.1, 0.15) is 23.1 Å². The van der Waals surface area contributed by atoms with Gasteiger partial charge in [-0.1, -0.05) is 6.07 Å². The molecule has 1 aliphatic heterocycles. The number of aromatic nitrogens is 1.